The minimum atomic E-state index is 0.455. The monoisotopic (exact) mass is 352 g/mol. The van der Waals surface area contributed by atoms with E-state index in [9.17, 15) is 0 Å². The molecule has 0 aliphatic rings. The number of halogens is 1. The second-order valence-electron chi connectivity index (χ2n) is 7.24. The highest BCUT2D eigenvalue weighted by Gasteiger charge is 2.18. The summed E-state index contributed by atoms with van der Waals surface area (Å²) in [6.07, 6.45) is 20.3. The Bertz CT molecular complexity index is 405. The van der Waals surface area contributed by atoms with Crippen molar-refractivity contribution in [3.05, 3.63) is 30.1 Å². The predicted molar refractivity (Wildman–Crippen MR) is 107 cm³/mol. The van der Waals surface area contributed by atoms with Crippen LogP contribution in [0.1, 0.15) is 102 Å². The largest absolute Gasteiger partial charge is 0.199 e. The molecule has 1 heterocycles. The Morgan fingerprint density at radius 2 is 1.38 bits per heavy atom. The van der Waals surface area contributed by atoms with E-state index in [0.717, 1.165) is 0 Å². The minimum absolute atomic E-state index is 0.455. The summed E-state index contributed by atoms with van der Waals surface area (Å²) in [5.74, 6) is 0.716. The second-order valence-corrected chi connectivity index (χ2v) is 7.54. The summed E-state index contributed by atoms with van der Waals surface area (Å²) in [5, 5.41) is 0. The zero-order chi connectivity index (χ0) is 17.5. The molecule has 1 rings (SSSR count). The summed E-state index contributed by atoms with van der Waals surface area (Å²) >= 11 is 6.20. The van der Waals surface area contributed by atoms with E-state index in [1.165, 1.54) is 89.2 Å². The molecule has 0 N–H and O–H groups in total. The fraction of sp³-hybridized carbons (Fsp3) is 0.773. The molecule has 0 amide bonds. The molecule has 1 aromatic heterocycles. The van der Waals surface area contributed by atoms with Crippen molar-refractivity contribution < 1.29 is 4.57 Å². The third-order valence-corrected chi connectivity index (χ3v) is 5.42. The Labute approximate surface area is 155 Å². The van der Waals surface area contributed by atoms with E-state index >= 15 is 0 Å². The van der Waals surface area contributed by atoms with Crippen molar-refractivity contribution in [2.75, 3.05) is 5.88 Å². The van der Waals surface area contributed by atoms with Gasteiger partial charge >= 0.3 is 0 Å². The van der Waals surface area contributed by atoms with Crippen LogP contribution >= 0.6 is 11.6 Å². The molecule has 1 aromatic rings. The summed E-state index contributed by atoms with van der Waals surface area (Å²) in [6.45, 7) is 4.46. The Hall–Kier alpha value is -0.560. The Morgan fingerprint density at radius 3 is 1.88 bits per heavy atom. The van der Waals surface area contributed by atoms with E-state index in [1.807, 2.05) is 0 Å². The number of unbranched alkanes of at least 4 members (excludes halogenated alkanes) is 11. The number of rotatable bonds is 15. The lowest BCUT2D eigenvalue weighted by Gasteiger charge is -2.11. The first-order chi connectivity index (χ1) is 11.8. The first-order valence-electron chi connectivity index (χ1n) is 10.3. The fourth-order valence-corrected chi connectivity index (χ4v) is 3.77. The lowest BCUT2D eigenvalue weighted by atomic mass is 10.0. The molecule has 0 aliphatic heterocycles. The van der Waals surface area contributed by atoms with Crippen molar-refractivity contribution in [2.45, 2.75) is 103 Å². The lowest BCUT2D eigenvalue weighted by molar-refractivity contribution is -0.724. The third-order valence-electron chi connectivity index (χ3n) is 5.06. The SMILES string of the molecule is CCCCCCCCCCCCCCC(CCl)[n+]1ccccc1C. The number of hydrogen-bond acceptors (Lipinski definition) is 0. The molecule has 1 nitrogen and oxygen atoms in total. The van der Waals surface area contributed by atoms with Gasteiger partial charge in [-0.25, -0.2) is 0 Å². The zero-order valence-corrected chi connectivity index (χ0v) is 16.9. The van der Waals surface area contributed by atoms with Crippen LogP contribution in [-0.4, -0.2) is 5.88 Å². The van der Waals surface area contributed by atoms with Gasteiger partial charge in [0.1, 0.15) is 0 Å². The maximum Gasteiger partial charge on any atom is 0.178 e. The van der Waals surface area contributed by atoms with Gasteiger partial charge in [-0.1, -0.05) is 83.6 Å². The highest BCUT2D eigenvalue weighted by atomic mass is 35.5. The number of aryl methyl sites for hydroxylation is 1. The Balaban J connectivity index is 1.98. The molecular formula is C22H39ClN+. The van der Waals surface area contributed by atoms with Crippen LogP contribution < -0.4 is 4.57 Å². The lowest BCUT2D eigenvalue weighted by Crippen LogP contribution is -2.42. The van der Waals surface area contributed by atoms with Gasteiger partial charge < -0.3 is 0 Å². The van der Waals surface area contributed by atoms with Crippen LogP contribution in [0.5, 0.6) is 0 Å². The quantitative estimate of drug-likeness (QED) is 0.179. The maximum absolute atomic E-state index is 6.20. The molecule has 1 atom stereocenters. The number of pyridine rings is 1. The van der Waals surface area contributed by atoms with Gasteiger partial charge in [-0.05, 0) is 6.42 Å². The van der Waals surface area contributed by atoms with Crippen molar-refractivity contribution in [2.24, 2.45) is 0 Å². The van der Waals surface area contributed by atoms with Gasteiger partial charge in [0.2, 0.25) is 0 Å². The molecule has 0 radical (unpaired) electrons. The van der Waals surface area contributed by atoms with Gasteiger partial charge in [0.15, 0.2) is 17.9 Å². The summed E-state index contributed by atoms with van der Waals surface area (Å²) in [4.78, 5) is 0. The van der Waals surface area contributed by atoms with Gasteiger partial charge in [0.05, 0.1) is 5.88 Å². The minimum Gasteiger partial charge on any atom is -0.199 e. The highest BCUT2D eigenvalue weighted by molar-refractivity contribution is 6.18. The first kappa shape index (κ1) is 21.5. The van der Waals surface area contributed by atoms with Crippen LogP contribution in [-0.2, 0) is 0 Å². The Morgan fingerprint density at radius 1 is 0.833 bits per heavy atom. The molecule has 0 saturated heterocycles. The summed E-state index contributed by atoms with van der Waals surface area (Å²) in [6, 6.07) is 6.83. The van der Waals surface area contributed by atoms with E-state index in [0.29, 0.717) is 11.9 Å². The molecule has 0 bridgehead atoms. The standard InChI is InChI=1S/C22H39ClN/c1-3-4-5-6-7-8-9-10-11-12-13-14-18-22(20-23)24-19-16-15-17-21(24)2/h15-17,19,22H,3-14,18,20H2,1-2H3/q+1. The Kier molecular flexibility index (Phi) is 13.2. The molecule has 1 unspecified atom stereocenters. The smallest absolute Gasteiger partial charge is 0.178 e. The van der Waals surface area contributed by atoms with Crippen molar-refractivity contribution in [3.63, 3.8) is 0 Å². The number of alkyl halides is 1. The van der Waals surface area contributed by atoms with Crippen LogP contribution in [0.4, 0.5) is 0 Å². The third kappa shape index (κ3) is 9.67. The second kappa shape index (κ2) is 14.8. The summed E-state index contributed by atoms with van der Waals surface area (Å²) in [5.41, 5.74) is 1.31. The molecule has 0 aliphatic carbocycles. The number of nitrogens with zero attached hydrogens (tertiary/aromatic N) is 1. The van der Waals surface area contributed by atoms with Gasteiger partial charge in [0.25, 0.3) is 0 Å². The van der Waals surface area contributed by atoms with Crippen LogP contribution in [0.3, 0.4) is 0 Å². The number of aromatic nitrogens is 1. The van der Waals surface area contributed by atoms with Crippen molar-refractivity contribution in [3.8, 4) is 0 Å². The van der Waals surface area contributed by atoms with E-state index < -0.39 is 0 Å². The molecule has 138 valence electrons. The topological polar surface area (TPSA) is 3.88 Å². The van der Waals surface area contributed by atoms with Gasteiger partial charge in [-0.15, -0.1) is 11.6 Å². The van der Waals surface area contributed by atoms with Gasteiger partial charge in [0, 0.05) is 25.5 Å². The molecule has 24 heavy (non-hydrogen) atoms. The highest BCUT2D eigenvalue weighted by Crippen LogP contribution is 2.16. The molecule has 0 spiro atoms. The van der Waals surface area contributed by atoms with E-state index in [4.69, 9.17) is 11.6 Å². The summed E-state index contributed by atoms with van der Waals surface area (Å²) < 4.78 is 2.34. The molecule has 2 heteroatoms. The van der Waals surface area contributed by atoms with E-state index in [1.54, 1.807) is 0 Å². The van der Waals surface area contributed by atoms with Crippen LogP contribution in [0, 0.1) is 6.92 Å². The molecule has 0 aromatic carbocycles. The molecule has 0 saturated carbocycles. The molecule has 0 fully saturated rings. The van der Waals surface area contributed by atoms with Gasteiger partial charge in [-0.2, -0.15) is 4.57 Å². The van der Waals surface area contributed by atoms with Crippen LogP contribution in [0.15, 0.2) is 24.4 Å². The van der Waals surface area contributed by atoms with Crippen molar-refractivity contribution in [1.29, 1.82) is 0 Å². The van der Waals surface area contributed by atoms with Crippen LogP contribution in [0.25, 0.3) is 0 Å². The number of hydrogen-bond donors (Lipinski definition) is 0. The predicted octanol–water partition coefficient (Wildman–Crippen LogP) is 7.15. The summed E-state index contributed by atoms with van der Waals surface area (Å²) in [7, 11) is 0. The van der Waals surface area contributed by atoms with E-state index in [2.05, 4.69) is 42.8 Å². The van der Waals surface area contributed by atoms with Gasteiger partial charge in [-0.3, -0.25) is 0 Å². The fourth-order valence-electron chi connectivity index (χ4n) is 3.46. The first-order valence-corrected chi connectivity index (χ1v) is 10.9. The normalized spacial score (nSPS) is 12.5. The maximum atomic E-state index is 6.20. The molecular weight excluding hydrogens is 314 g/mol. The van der Waals surface area contributed by atoms with Crippen molar-refractivity contribution >= 4 is 11.6 Å². The zero-order valence-electron chi connectivity index (χ0n) is 16.1. The average Bonchev–Trinajstić information content (AvgIpc) is 2.60. The average molecular weight is 353 g/mol. The van der Waals surface area contributed by atoms with E-state index in [-0.39, 0.29) is 0 Å². The van der Waals surface area contributed by atoms with Crippen LogP contribution in [0.2, 0.25) is 0 Å². The van der Waals surface area contributed by atoms with Crippen molar-refractivity contribution in [1.82, 2.24) is 0 Å².